The fourth-order valence-electron chi connectivity index (χ4n) is 1.36. The van der Waals surface area contributed by atoms with Gasteiger partial charge in [-0.15, -0.1) is 0 Å². The molecule has 0 fully saturated rings. The van der Waals surface area contributed by atoms with Crippen molar-refractivity contribution >= 4 is 0 Å². The number of imidazole rings is 1. The molecule has 2 heterocycles. The van der Waals surface area contributed by atoms with Crippen LogP contribution in [0.2, 0.25) is 0 Å². The Balaban J connectivity index is 2.57. The Hall–Kier alpha value is -1.58. The van der Waals surface area contributed by atoms with E-state index >= 15 is 0 Å². The number of H-pyrrole nitrogens is 1. The zero-order valence-corrected chi connectivity index (χ0v) is 7.88. The van der Waals surface area contributed by atoms with Crippen LogP contribution in [0.25, 0.3) is 11.4 Å². The van der Waals surface area contributed by atoms with Gasteiger partial charge in [0.15, 0.2) is 0 Å². The number of hydrogen-bond acceptors (Lipinski definition) is 3. The highest BCUT2D eigenvalue weighted by molar-refractivity contribution is 5.60. The van der Waals surface area contributed by atoms with Crippen LogP contribution in [0.1, 0.15) is 17.1 Å². The molecule has 1 N–H and O–H groups in total. The van der Waals surface area contributed by atoms with Crippen molar-refractivity contribution in [3.8, 4) is 11.4 Å². The molecule has 0 aliphatic heterocycles. The quantitative estimate of drug-likeness (QED) is 0.724. The van der Waals surface area contributed by atoms with E-state index < -0.39 is 0 Å². The Morgan fingerprint density at radius 2 is 2.08 bits per heavy atom. The maximum Gasteiger partial charge on any atom is 0.144 e. The van der Waals surface area contributed by atoms with E-state index in [1.54, 1.807) is 6.20 Å². The minimum Gasteiger partial charge on any atom is -0.361 e. The smallest absolute Gasteiger partial charge is 0.144 e. The average Bonchev–Trinajstić information content (AvgIpc) is 2.60. The molecule has 0 radical (unpaired) electrons. The zero-order valence-electron chi connectivity index (χ0n) is 7.88. The van der Waals surface area contributed by atoms with Crippen LogP contribution in [0, 0.1) is 20.8 Å². The molecule has 4 heteroatoms. The van der Waals surface area contributed by atoms with E-state index in [1.807, 2.05) is 20.8 Å². The highest BCUT2D eigenvalue weighted by Crippen LogP contribution is 2.23. The van der Waals surface area contributed by atoms with Crippen LogP contribution in [0.15, 0.2) is 10.7 Å². The largest absolute Gasteiger partial charge is 0.361 e. The predicted octanol–water partition coefficient (Wildman–Crippen LogP) is 1.99. The highest BCUT2D eigenvalue weighted by atomic mass is 16.5. The number of aromatic amines is 1. The number of rotatable bonds is 1. The first kappa shape index (κ1) is 8.04. The van der Waals surface area contributed by atoms with Gasteiger partial charge in [0.1, 0.15) is 11.6 Å². The molecule has 0 bridgehead atoms. The molecule has 0 aliphatic carbocycles. The van der Waals surface area contributed by atoms with Crippen LogP contribution >= 0.6 is 0 Å². The number of aryl methyl sites for hydroxylation is 3. The summed E-state index contributed by atoms with van der Waals surface area (Å²) in [5.41, 5.74) is 2.87. The lowest BCUT2D eigenvalue weighted by Gasteiger charge is -1.92. The Labute approximate surface area is 76.0 Å². The first-order valence-electron chi connectivity index (χ1n) is 4.13. The van der Waals surface area contributed by atoms with Gasteiger partial charge in [0.25, 0.3) is 0 Å². The first-order chi connectivity index (χ1) is 6.18. The molecule has 4 nitrogen and oxygen atoms in total. The molecule has 0 amide bonds. The van der Waals surface area contributed by atoms with E-state index in [0.29, 0.717) is 0 Å². The van der Waals surface area contributed by atoms with Gasteiger partial charge in [0.05, 0.1) is 11.3 Å². The number of nitrogens with one attached hydrogen (secondary N) is 1. The molecule has 0 saturated carbocycles. The van der Waals surface area contributed by atoms with E-state index in [2.05, 4.69) is 15.1 Å². The molecular weight excluding hydrogens is 166 g/mol. The topological polar surface area (TPSA) is 54.7 Å². The van der Waals surface area contributed by atoms with Crippen LogP contribution < -0.4 is 0 Å². The Kier molecular flexibility index (Phi) is 1.69. The lowest BCUT2D eigenvalue weighted by Crippen LogP contribution is -1.83. The van der Waals surface area contributed by atoms with Gasteiger partial charge in [-0.25, -0.2) is 4.98 Å². The van der Waals surface area contributed by atoms with Crippen molar-refractivity contribution in [2.24, 2.45) is 0 Å². The zero-order chi connectivity index (χ0) is 9.42. The summed E-state index contributed by atoms with van der Waals surface area (Å²) in [6.07, 6.45) is 1.79. The minimum atomic E-state index is 0.798. The predicted molar refractivity (Wildman–Crippen MR) is 48.3 cm³/mol. The molecule has 68 valence electrons. The Bertz CT molecular complexity index is 408. The van der Waals surface area contributed by atoms with Crippen LogP contribution in [-0.4, -0.2) is 15.1 Å². The molecule has 2 rings (SSSR count). The first-order valence-corrected chi connectivity index (χ1v) is 4.13. The second-order valence-electron chi connectivity index (χ2n) is 3.11. The molecular formula is C9H11N3O. The van der Waals surface area contributed by atoms with Gasteiger partial charge in [0.2, 0.25) is 0 Å². The Morgan fingerprint density at radius 3 is 2.54 bits per heavy atom. The molecule has 0 atom stereocenters. The third-order valence-electron chi connectivity index (χ3n) is 1.97. The van der Waals surface area contributed by atoms with E-state index in [0.717, 1.165) is 28.5 Å². The van der Waals surface area contributed by atoms with Crippen molar-refractivity contribution in [2.75, 3.05) is 0 Å². The van der Waals surface area contributed by atoms with Crippen molar-refractivity contribution in [3.63, 3.8) is 0 Å². The molecule has 0 aromatic carbocycles. The minimum absolute atomic E-state index is 0.798. The number of nitrogens with zero attached hydrogens (tertiary/aromatic N) is 2. The number of aromatic nitrogens is 3. The van der Waals surface area contributed by atoms with Gasteiger partial charge in [-0.2, -0.15) is 0 Å². The maximum absolute atomic E-state index is 5.05. The van der Waals surface area contributed by atoms with Crippen molar-refractivity contribution in [3.05, 3.63) is 23.3 Å². The monoisotopic (exact) mass is 177 g/mol. The third-order valence-corrected chi connectivity index (χ3v) is 1.97. The summed E-state index contributed by atoms with van der Waals surface area (Å²) in [4.78, 5) is 7.37. The van der Waals surface area contributed by atoms with E-state index in [4.69, 9.17) is 4.52 Å². The summed E-state index contributed by atoms with van der Waals surface area (Å²) >= 11 is 0. The maximum atomic E-state index is 5.05. The standard InChI is InChI=1S/C9H11N3O/c1-5-4-10-9(11-5)8-6(2)12-13-7(8)3/h4H,1-3H3,(H,10,11). The van der Waals surface area contributed by atoms with Crippen LogP contribution in [0.3, 0.4) is 0 Å². The summed E-state index contributed by atoms with van der Waals surface area (Å²) in [6, 6.07) is 0. The average molecular weight is 177 g/mol. The molecule has 2 aromatic rings. The fourth-order valence-corrected chi connectivity index (χ4v) is 1.36. The fraction of sp³-hybridized carbons (Fsp3) is 0.333. The SMILES string of the molecule is Cc1cnc(-c2c(C)noc2C)[nH]1. The van der Waals surface area contributed by atoms with Gasteiger partial charge < -0.3 is 9.51 Å². The lowest BCUT2D eigenvalue weighted by molar-refractivity contribution is 0.393. The van der Waals surface area contributed by atoms with E-state index in [1.165, 1.54) is 0 Å². The van der Waals surface area contributed by atoms with Gasteiger partial charge in [-0.3, -0.25) is 0 Å². The molecule has 0 spiro atoms. The van der Waals surface area contributed by atoms with Crippen molar-refractivity contribution < 1.29 is 4.52 Å². The van der Waals surface area contributed by atoms with Gasteiger partial charge >= 0.3 is 0 Å². The summed E-state index contributed by atoms with van der Waals surface area (Å²) < 4.78 is 5.05. The third kappa shape index (κ3) is 1.24. The van der Waals surface area contributed by atoms with Crippen LogP contribution in [0.4, 0.5) is 0 Å². The lowest BCUT2D eigenvalue weighted by atomic mass is 10.2. The Morgan fingerprint density at radius 1 is 1.31 bits per heavy atom. The van der Waals surface area contributed by atoms with Crippen LogP contribution in [0.5, 0.6) is 0 Å². The van der Waals surface area contributed by atoms with Crippen LogP contribution in [-0.2, 0) is 0 Å². The summed E-state index contributed by atoms with van der Waals surface area (Å²) in [5.74, 6) is 1.63. The molecule has 0 saturated heterocycles. The summed E-state index contributed by atoms with van der Waals surface area (Å²) in [5, 5.41) is 3.87. The van der Waals surface area contributed by atoms with Crippen molar-refractivity contribution in [2.45, 2.75) is 20.8 Å². The normalized spacial score (nSPS) is 10.7. The van der Waals surface area contributed by atoms with Crippen molar-refractivity contribution in [1.82, 2.24) is 15.1 Å². The summed E-state index contributed by atoms with van der Waals surface area (Å²) in [6.45, 7) is 5.76. The van der Waals surface area contributed by atoms with Gasteiger partial charge in [0, 0.05) is 11.9 Å². The second kappa shape index (κ2) is 2.73. The van der Waals surface area contributed by atoms with E-state index in [-0.39, 0.29) is 0 Å². The molecule has 2 aromatic heterocycles. The summed E-state index contributed by atoms with van der Waals surface area (Å²) in [7, 11) is 0. The van der Waals surface area contributed by atoms with Gasteiger partial charge in [-0.05, 0) is 20.8 Å². The van der Waals surface area contributed by atoms with Crippen molar-refractivity contribution in [1.29, 1.82) is 0 Å². The second-order valence-corrected chi connectivity index (χ2v) is 3.11. The molecule has 13 heavy (non-hydrogen) atoms. The molecule has 0 unspecified atom stereocenters. The highest BCUT2D eigenvalue weighted by Gasteiger charge is 2.13. The van der Waals surface area contributed by atoms with E-state index in [9.17, 15) is 0 Å². The number of hydrogen-bond donors (Lipinski definition) is 1. The van der Waals surface area contributed by atoms with Gasteiger partial charge in [-0.1, -0.05) is 5.16 Å². The molecule has 0 aliphatic rings.